The number of carbonyl (C=O) groups is 1. The first-order valence-corrected chi connectivity index (χ1v) is 9.58. The summed E-state index contributed by atoms with van der Waals surface area (Å²) in [6.45, 7) is 2.26. The average Bonchev–Trinajstić information content (AvgIpc) is 2.57. The van der Waals surface area contributed by atoms with Crippen LogP contribution >= 0.6 is 0 Å². The van der Waals surface area contributed by atoms with Crippen LogP contribution in [0.2, 0.25) is 0 Å². The Morgan fingerprint density at radius 1 is 0.682 bits per heavy atom. The first-order chi connectivity index (χ1) is 11.9. The van der Waals surface area contributed by atoms with Gasteiger partial charge in [-0.2, -0.15) is 0 Å². The number of hydrogen-bond acceptors (Lipinski definition) is 1. The Morgan fingerprint density at radius 2 is 1.00 bits per heavy atom. The van der Waals surface area contributed by atoms with Crippen LogP contribution in [-0.4, -0.2) is 11.1 Å². The van der Waals surface area contributed by atoms with Gasteiger partial charge in [0.05, 0.1) is 0 Å². The molecule has 0 aliphatic carbocycles. The van der Waals surface area contributed by atoms with E-state index in [1.807, 2.05) is 0 Å². The van der Waals surface area contributed by atoms with Gasteiger partial charge in [0.15, 0.2) is 0 Å². The quantitative estimate of drug-likeness (QED) is 0.273. The zero-order valence-electron chi connectivity index (χ0n) is 17.7. The number of carboxylic acid groups (broad SMARTS) is 1. The molecule has 0 aromatic heterocycles. The van der Waals surface area contributed by atoms with E-state index >= 15 is 0 Å². The van der Waals surface area contributed by atoms with Crippen LogP contribution in [-0.2, 0) is 4.79 Å². The zero-order valence-corrected chi connectivity index (χ0v) is 14.7. The lowest BCUT2D eigenvalue weighted by molar-refractivity contribution is -0.137. The van der Waals surface area contributed by atoms with E-state index in [0.717, 1.165) is 19.3 Å². The first kappa shape index (κ1) is 16.3. The summed E-state index contributed by atoms with van der Waals surface area (Å²) in [4.78, 5) is 10.7. The van der Waals surface area contributed by atoms with Crippen LogP contribution in [0.3, 0.4) is 0 Å². The highest BCUT2D eigenvalue weighted by molar-refractivity contribution is 5.66. The van der Waals surface area contributed by atoms with E-state index in [0.29, 0.717) is 6.42 Å². The van der Waals surface area contributed by atoms with Crippen LogP contribution in [0.5, 0.6) is 0 Å². The minimum atomic E-state index is -2.42. The van der Waals surface area contributed by atoms with Gasteiger partial charge in [-0.1, -0.05) is 110 Å². The summed E-state index contributed by atoms with van der Waals surface area (Å²) in [5.74, 6) is -1.52. The number of carboxylic acids is 1. The zero-order chi connectivity index (χ0) is 19.0. The second kappa shape index (κ2) is 18.5. The Balaban J connectivity index is 3.28. The summed E-state index contributed by atoms with van der Waals surface area (Å²) in [5.41, 5.74) is 0. The predicted molar refractivity (Wildman–Crippen MR) is 96.4 cm³/mol. The van der Waals surface area contributed by atoms with Crippen molar-refractivity contribution < 1.29 is 14.0 Å². The summed E-state index contributed by atoms with van der Waals surface area (Å²) in [5, 5.41) is 8.74. The summed E-state index contributed by atoms with van der Waals surface area (Å²) >= 11 is 0. The van der Waals surface area contributed by atoms with E-state index in [-0.39, 0.29) is 0 Å². The Labute approximate surface area is 143 Å². The van der Waals surface area contributed by atoms with Gasteiger partial charge in [0, 0.05) is 10.5 Å². The minimum Gasteiger partial charge on any atom is -0.481 e. The summed E-state index contributed by atoms with van der Waals surface area (Å²) in [6, 6.07) is 0. The van der Waals surface area contributed by atoms with Gasteiger partial charge in [-0.3, -0.25) is 4.79 Å². The van der Waals surface area contributed by atoms with Crippen LogP contribution in [0.4, 0.5) is 0 Å². The Kier molecular flexibility index (Phi) is 13.7. The van der Waals surface area contributed by atoms with Crippen LogP contribution in [0, 0.1) is 0 Å². The molecule has 2 nitrogen and oxygen atoms in total. The van der Waals surface area contributed by atoms with Gasteiger partial charge in [-0.05, 0) is 6.40 Å². The van der Waals surface area contributed by atoms with E-state index in [1.165, 1.54) is 77.0 Å². The predicted octanol–water partition coefficient (Wildman–Crippen LogP) is 7.11. The van der Waals surface area contributed by atoms with Crippen molar-refractivity contribution in [2.75, 3.05) is 0 Å². The highest BCUT2D eigenvalue weighted by Gasteiger charge is 1.97. The molecule has 0 bridgehead atoms. The van der Waals surface area contributed by atoms with Crippen molar-refractivity contribution in [2.45, 2.75) is 122 Å². The molecule has 0 aliphatic rings. The van der Waals surface area contributed by atoms with E-state index in [4.69, 9.17) is 9.22 Å². The molecule has 0 radical (unpaired) electrons. The molecule has 1 unspecified atom stereocenters. The molecule has 0 rings (SSSR count). The van der Waals surface area contributed by atoms with Crippen molar-refractivity contribution in [2.24, 2.45) is 0 Å². The first-order valence-electron chi connectivity index (χ1n) is 11.2. The maximum absolute atomic E-state index is 10.7. The second-order valence-corrected chi connectivity index (χ2v) is 6.39. The molecule has 132 valence electrons. The molecule has 1 N–H and O–H groups in total. The van der Waals surface area contributed by atoms with E-state index in [1.54, 1.807) is 0 Å². The fourth-order valence-corrected chi connectivity index (χ4v) is 2.78. The highest BCUT2D eigenvalue weighted by Crippen LogP contribution is 2.14. The monoisotopic (exact) mass is 315 g/mol. The maximum Gasteiger partial charge on any atom is 0.303 e. The molecule has 0 saturated carbocycles. The van der Waals surface area contributed by atoms with Gasteiger partial charge in [0.25, 0.3) is 0 Å². The molecule has 0 fully saturated rings. The van der Waals surface area contributed by atoms with Crippen molar-refractivity contribution in [3.05, 3.63) is 0 Å². The molecule has 0 aliphatic heterocycles. The van der Waals surface area contributed by atoms with Crippen LogP contribution in [0.1, 0.15) is 127 Å². The van der Waals surface area contributed by atoms with E-state index < -0.39 is 18.7 Å². The van der Waals surface area contributed by atoms with Gasteiger partial charge in [0.2, 0.25) is 0 Å². The molecule has 0 heterocycles. The Hall–Kier alpha value is -0.530. The molecule has 0 aromatic carbocycles. The van der Waals surface area contributed by atoms with Crippen molar-refractivity contribution >= 4 is 5.97 Å². The largest absolute Gasteiger partial charge is 0.481 e. The van der Waals surface area contributed by atoms with Crippen molar-refractivity contribution in [3.8, 4) is 0 Å². The van der Waals surface area contributed by atoms with E-state index in [2.05, 4.69) is 6.92 Å². The molecule has 1 atom stereocenters. The molecule has 0 aromatic rings. The topological polar surface area (TPSA) is 37.3 Å². The van der Waals surface area contributed by atoms with Crippen molar-refractivity contribution in [3.63, 3.8) is 0 Å². The standard InChI is InChI=1S/C20H40O2/c1-2-3-4-5-6-7-8-9-10-11-12-13-14-15-16-17-18-19-20(21)22/h2-19H2,1H3,(H,21,22)/i18D,19D2. The third-order valence-corrected chi connectivity index (χ3v) is 4.18. The second-order valence-electron chi connectivity index (χ2n) is 6.39. The van der Waals surface area contributed by atoms with Gasteiger partial charge in [-0.15, -0.1) is 0 Å². The van der Waals surface area contributed by atoms with Crippen LogP contribution < -0.4 is 0 Å². The number of unbranched alkanes of at least 4 members (excludes halogenated alkanes) is 14. The molecule has 0 spiro atoms. The molecule has 0 amide bonds. The summed E-state index contributed by atoms with van der Waals surface area (Å²) in [6.07, 6.45) is 15.7. The van der Waals surface area contributed by atoms with Gasteiger partial charge in [-0.25, -0.2) is 0 Å². The molecule has 2 heteroatoms. The van der Waals surface area contributed by atoms with Gasteiger partial charge < -0.3 is 5.11 Å². The maximum atomic E-state index is 10.7. The van der Waals surface area contributed by atoms with Gasteiger partial charge >= 0.3 is 5.97 Å². The Morgan fingerprint density at radius 3 is 1.32 bits per heavy atom. The van der Waals surface area contributed by atoms with Crippen molar-refractivity contribution in [1.82, 2.24) is 0 Å². The minimum absolute atomic E-state index is 0.331. The molecule has 0 saturated heterocycles. The van der Waals surface area contributed by atoms with E-state index in [9.17, 15) is 4.79 Å². The lowest BCUT2D eigenvalue weighted by Crippen LogP contribution is -1.93. The normalized spacial score (nSPS) is 15.0. The lowest BCUT2D eigenvalue weighted by Gasteiger charge is -2.03. The number of hydrogen-bond donors (Lipinski definition) is 1. The lowest BCUT2D eigenvalue weighted by atomic mass is 10.0. The number of aliphatic carboxylic acids is 1. The fraction of sp³-hybridized carbons (Fsp3) is 0.950. The molecule has 22 heavy (non-hydrogen) atoms. The van der Waals surface area contributed by atoms with Crippen molar-refractivity contribution in [1.29, 1.82) is 0 Å². The average molecular weight is 316 g/mol. The Bertz CT molecular complexity index is 322. The summed E-state index contributed by atoms with van der Waals surface area (Å²) in [7, 11) is 0. The highest BCUT2D eigenvalue weighted by atomic mass is 16.4. The third kappa shape index (κ3) is 19.5. The number of rotatable bonds is 18. The smallest absolute Gasteiger partial charge is 0.303 e. The fourth-order valence-electron chi connectivity index (χ4n) is 2.78. The molecular formula is C20H40O2. The SMILES string of the molecule is [2H]C(CCCCCCCCCCCCCCCCC)C([2H])([2H])C(=O)O. The summed E-state index contributed by atoms with van der Waals surface area (Å²) < 4.78 is 22.3. The third-order valence-electron chi connectivity index (χ3n) is 4.18. The molecular weight excluding hydrogens is 272 g/mol. The van der Waals surface area contributed by atoms with Gasteiger partial charge in [0.1, 0.15) is 0 Å². The van der Waals surface area contributed by atoms with Crippen LogP contribution in [0.25, 0.3) is 0 Å². The van der Waals surface area contributed by atoms with Crippen LogP contribution in [0.15, 0.2) is 0 Å².